The third-order valence-corrected chi connectivity index (χ3v) is 3.03. The van der Waals surface area contributed by atoms with Gasteiger partial charge in [-0.1, -0.05) is 0 Å². The number of halogens is 3. The van der Waals surface area contributed by atoms with Gasteiger partial charge >= 0.3 is 6.18 Å². The second-order valence-electron chi connectivity index (χ2n) is 4.42. The van der Waals surface area contributed by atoms with Crippen LogP contribution in [0.4, 0.5) is 18.9 Å². The van der Waals surface area contributed by atoms with Gasteiger partial charge in [0.2, 0.25) is 0 Å². The summed E-state index contributed by atoms with van der Waals surface area (Å²) in [6.45, 7) is 0. The van der Waals surface area contributed by atoms with E-state index < -0.39 is 11.7 Å². The lowest BCUT2D eigenvalue weighted by atomic mass is 10.2. The summed E-state index contributed by atoms with van der Waals surface area (Å²) in [6, 6.07) is 10.2. The number of aromatic nitrogens is 2. The molecule has 6 heteroatoms. The van der Waals surface area contributed by atoms with E-state index >= 15 is 0 Å². The highest BCUT2D eigenvalue weighted by atomic mass is 19.4. The number of nitrogens with two attached hydrogens (primary N) is 1. The summed E-state index contributed by atoms with van der Waals surface area (Å²) in [5, 5.41) is 5.05. The molecule has 0 saturated heterocycles. The SMILES string of the molecule is Nc1ccc2cnn(-c3ccc(C(F)(F)F)cc3)c2c1. The molecule has 1 aromatic heterocycles. The Morgan fingerprint density at radius 3 is 2.35 bits per heavy atom. The molecular weight excluding hydrogens is 267 g/mol. The first kappa shape index (κ1) is 12.5. The highest BCUT2D eigenvalue weighted by molar-refractivity contribution is 5.83. The number of hydrogen-bond donors (Lipinski definition) is 1. The molecule has 0 atom stereocenters. The zero-order valence-corrected chi connectivity index (χ0v) is 10.2. The van der Waals surface area contributed by atoms with Crippen molar-refractivity contribution in [2.45, 2.75) is 6.18 Å². The average Bonchev–Trinajstić information content (AvgIpc) is 2.81. The predicted octanol–water partition coefficient (Wildman–Crippen LogP) is 3.63. The molecule has 20 heavy (non-hydrogen) atoms. The predicted molar refractivity (Wildman–Crippen MR) is 70.5 cm³/mol. The van der Waals surface area contributed by atoms with E-state index in [1.54, 1.807) is 23.0 Å². The lowest BCUT2D eigenvalue weighted by Gasteiger charge is -2.08. The van der Waals surface area contributed by atoms with Crippen LogP contribution in [0.3, 0.4) is 0 Å². The number of nitrogens with zero attached hydrogens (tertiary/aromatic N) is 2. The van der Waals surface area contributed by atoms with Crippen LogP contribution in [0.2, 0.25) is 0 Å². The quantitative estimate of drug-likeness (QED) is 0.690. The summed E-state index contributed by atoms with van der Waals surface area (Å²) in [7, 11) is 0. The van der Waals surface area contributed by atoms with Crippen molar-refractivity contribution < 1.29 is 13.2 Å². The van der Waals surface area contributed by atoms with Crippen LogP contribution in [-0.2, 0) is 6.18 Å². The van der Waals surface area contributed by atoms with E-state index in [0.29, 0.717) is 11.4 Å². The molecule has 0 spiro atoms. The summed E-state index contributed by atoms with van der Waals surface area (Å²) in [5.41, 5.74) is 6.92. The van der Waals surface area contributed by atoms with E-state index in [2.05, 4.69) is 5.10 Å². The van der Waals surface area contributed by atoms with Gasteiger partial charge < -0.3 is 5.73 Å². The van der Waals surface area contributed by atoms with Crippen LogP contribution in [0.25, 0.3) is 16.6 Å². The van der Waals surface area contributed by atoms with Crippen LogP contribution in [0.5, 0.6) is 0 Å². The Kier molecular flexibility index (Phi) is 2.67. The molecule has 0 unspecified atom stereocenters. The molecule has 2 aromatic carbocycles. The molecule has 0 aliphatic heterocycles. The summed E-state index contributed by atoms with van der Waals surface area (Å²) in [4.78, 5) is 0. The zero-order valence-electron chi connectivity index (χ0n) is 10.2. The normalized spacial score (nSPS) is 11.9. The first-order chi connectivity index (χ1) is 9.45. The highest BCUT2D eigenvalue weighted by Gasteiger charge is 2.30. The van der Waals surface area contributed by atoms with Gasteiger partial charge in [-0.2, -0.15) is 18.3 Å². The van der Waals surface area contributed by atoms with Crippen LogP contribution in [0.15, 0.2) is 48.7 Å². The molecule has 3 nitrogen and oxygen atoms in total. The van der Waals surface area contributed by atoms with E-state index in [1.165, 1.54) is 12.1 Å². The second kappa shape index (κ2) is 4.26. The third-order valence-electron chi connectivity index (χ3n) is 3.03. The maximum atomic E-state index is 12.5. The fraction of sp³-hybridized carbons (Fsp3) is 0.0714. The number of nitrogen functional groups attached to an aromatic ring is 1. The number of fused-ring (bicyclic) bond motifs is 1. The van der Waals surface area contributed by atoms with Gasteiger partial charge in [0.25, 0.3) is 0 Å². The Morgan fingerprint density at radius 2 is 1.70 bits per heavy atom. The molecule has 0 saturated carbocycles. The van der Waals surface area contributed by atoms with E-state index in [4.69, 9.17) is 5.73 Å². The van der Waals surface area contributed by atoms with Crippen molar-refractivity contribution in [2.75, 3.05) is 5.73 Å². The van der Waals surface area contributed by atoms with Crippen molar-refractivity contribution in [3.05, 3.63) is 54.2 Å². The lowest BCUT2D eigenvalue weighted by molar-refractivity contribution is -0.137. The van der Waals surface area contributed by atoms with Gasteiger partial charge in [-0.3, -0.25) is 0 Å². The molecule has 2 N–H and O–H groups in total. The van der Waals surface area contributed by atoms with E-state index in [-0.39, 0.29) is 0 Å². The maximum absolute atomic E-state index is 12.5. The fourth-order valence-corrected chi connectivity index (χ4v) is 2.03. The van der Waals surface area contributed by atoms with Gasteiger partial charge in [0.1, 0.15) is 0 Å². The van der Waals surface area contributed by atoms with Gasteiger partial charge in [0, 0.05) is 11.1 Å². The minimum Gasteiger partial charge on any atom is -0.399 e. The van der Waals surface area contributed by atoms with Crippen molar-refractivity contribution >= 4 is 16.6 Å². The number of rotatable bonds is 1. The van der Waals surface area contributed by atoms with E-state index in [0.717, 1.165) is 23.0 Å². The molecule has 0 bridgehead atoms. The lowest BCUT2D eigenvalue weighted by Crippen LogP contribution is -2.05. The van der Waals surface area contributed by atoms with Crippen LogP contribution in [0, 0.1) is 0 Å². The summed E-state index contributed by atoms with van der Waals surface area (Å²) >= 11 is 0. The Hall–Kier alpha value is -2.50. The van der Waals surface area contributed by atoms with Gasteiger partial charge in [-0.15, -0.1) is 0 Å². The van der Waals surface area contributed by atoms with Crippen molar-refractivity contribution in [1.82, 2.24) is 9.78 Å². The molecule has 3 aromatic rings. The van der Waals surface area contributed by atoms with Gasteiger partial charge in [0.05, 0.1) is 23.0 Å². The van der Waals surface area contributed by atoms with Gasteiger partial charge in [-0.25, -0.2) is 4.68 Å². The molecule has 0 fully saturated rings. The van der Waals surface area contributed by atoms with Gasteiger partial charge in [0.15, 0.2) is 0 Å². The smallest absolute Gasteiger partial charge is 0.399 e. The molecule has 3 rings (SSSR count). The average molecular weight is 277 g/mol. The third kappa shape index (κ3) is 2.09. The first-order valence-electron chi connectivity index (χ1n) is 5.86. The Labute approximate surface area is 112 Å². The largest absolute Gasteiger partial charge is 0.416 e. The molecule has 1 heterocycles. The summed E-state index contributed by atoms with van der Waals surface area (Å²) in [5.74, 6) is 0. The van der Waals surface area contributed by atoms with Crippen molar-refractivity contribution in [2.24, 2.45) is 0 Å². The van der Waals surface area contributed by atoms with Crippen molar-refractivity contribution in [3.8, 4) is 5.69 Å². The van der Waals surface area contributed by atoms with Crippen LogP contribution >= 0.6 is 0 Å². The molecular formula is C14H10F3N3. The minimum atomic E-state index is -4.34. The number of anilines is 1. The topological polar surface area (TPSA) is 43.8 Å². The highest BCUT2D eigenvalue weighted by Crippen LogP contribution is 2.30. The Morgan fingerprint density at radius 1 is 1.00 bits per heavy atom. The number of hydrogen-bond acceptors (Lipinski definition) is 2. The maximum Gasteiger partial charge on any atom is 0.416 e. The second-order valence-corrected chi connectivity index (χ2v) is 4.42. The molecule has 0 aliphatic carbocycles. The van der Waals surface area contributed by atoms with Gasteiger partial charge in [-0.05, 0) is 42.5 Å². The molecule has 102 valence electrons. The van der Waals surface area contributed by atoms with Crippen LogP contribution in [-0.4, -0.2) is 9.78 Å². The van der Waals surface area contributed by atoms with Crippen LogP contribution in [0.1, 0.15) is 5.56 Å². The molecule has 0 aliphatic rings. The Balaban J connectivity index is 2.09. The van der Waals surface area contributed by atoms with Crippen LogP contribution < -0.4 is 5.73 Å². The minimum absolute atomic E-state index is 0.554. The van der Waals surface area contributed by atoms with Crippen molar-refractivity contribution in [3.63, 3.8) is 0 Å². The summed E-state index contributed by atoms with van der Waals surface area (Å²) < 4.78 is 39.1. The molecule has 0 amide bonds. The zero-order chi connectivity index (χ0) is 14.3. The fourth-order valence-electron chi connectivity index (χ4n) is 2.03. The first-order valence-corrected chi connectivity index (χ1v) is 5.86. The van der Waals surface area contributed by atoms with E-state index in [1.807, 2.05) is 6.07 Å². The number of alkyl halides is 3. The Bertz CT molecular complexity index is 757. The summed E-state index contributed by atoms with van der Waals surface area (Å²) in [6.07, 6.45) is -2.69. The number of benzene rings is 2. The monoisotopic (exact) mass is 277 g/mol. The standard InChI is InChI=1S/C14H10F3N3/c15-14(16,17)10-2-5-12(6-3-10)20-13-7-11(18)4-1-9(13)8-19-20/h1-8H,18H2. The van der Waals surface area contributed by atoms with E-state index in [9.17, 15) is 13.2 Å². The molecule has 0 radical (unpaired) electrons. The van der Waals surface area contributed by atoms with Crippen molar-refractivity contribution in [1.29, 1.82) is 0 Å².